The molecule has 1 aromatic heterocycles. The number of esters is 2. The molecule has 0 spiro atoms. The molecule has 27 heavy (non-hydrogen) atoms. The van der Waals surface area contributed by atoms with E-state index in [9.17, 15) is 9.59 Å². The van der Waals surface area contributed by atoms with E-state index in [2.05, 4.69) is 10.3 Å². The molecule has 0 fully saturated rings. The molecule has 0 unspecified atom stereocenters. The number of fused-ring (bicyclic) bond motifs is 1. The predicted molar refractivity (Wildman–Crippen MR) is 96.2 cm³/mol. The van der Waals surface area contributed by atoms with Crippen LogP contribution >= 0.6 is 0 Å². The zero-order valence-corrected chi connectivity index (χ0v) is 15.3. The Kier molecular flexibility index (Phi) is 5.44. The van der Waals surface area contributed by atoms with Crippen LogP contribution in [0.2, 0.25) is 0 Å². The van der Waals surface area contributed by atoms with E-state index >= 15 is 0 Å². The molecule has 0 bridgehead atoms. The number of anilines is 1. The number of carbonyl (C=O) groups excluding carboxylic acids is 2. The molecule has 0 radical (unpaired) electrons. The van der Waals surface area contributed by atoms with Gasteiger partial charge < -0.3 is 24.3 Å². The van der Waals surface area contributed by atoms with Crippen molar-refractivity contribution in [1.82, 2.24) is 4.98 Å². The normalized spacial score (nSPS) is 11.8. The van der Waals surface area contributed by atoms with Gasteiger partial charge in [-0.2, -0.15) is 0 Å². The summed E-state index contributed by atoms with van der Waals surface area (Å²) in [5, 5.41) is 3.12. The molecule has 0 saturated carbocycles. The Morgan fingerprint density at radius 2 is 1.93 bits per heavy atom. The van der Waals surface area contributed by atoms with Crippen molar-refractivity contribution in [2.75, 3.05) is 25.8 Å². The highest BCUT2D eigenvalue weighted by molar-refractivity contribution is 5.99. The van der Waals surface area contributed by atoms with Gasteiger partial charge in [-0.25, -0.2) is 14.6 Å². The number of methoxy groups -OCH3 is 1. The lowest BCUT2D eigenvalue weighted by Crippen LogP contribution is -2.15. The molecule has 1 N–H and O–H groups in total. The second-order valence-electron chi connectivity index (χ2n) is 5.77. The fourth-order valence-electron chi connectivity index (χ4n) is 2.66. The summed E-state index contributed by atoms with van der Waals surface area (Å²) in [5.74, 6) is 0.569. The van der Waals surface area contributed by atoms with Crippen LogP contribution in [-0.2, 0) is 16.0 Å². The predicted octanol–water partition coefficient (Wildman–Crippen LogP) is 2.69. The molecule has 8 heteroatoms. The number of pyridine rings is 1. The number of aromatic nitrogens is 1. The average Bonchev–Trinajstić information content (AvgIpc) is 3.13. The first kappa shape index (κ1) is 18.5. The van der Waals surface area contributed by atoms with Crippen LogP contribution in [-0.4, -0.2) is 37.4 Å². The summed E-state index contributed by atoms with van der Waals surface area (Å²) in [5.41, 5.74) is 1.76. The van der Waals surface area contributed by atoms with E-state index in [0.717, 1.165) is 5.56 Å². The summed E-state index contributed by atoms with van der Waals surface area (Å²) in [6.45, 7) is 4.19. The summed E-state index contributed by atoms with van der Waals surface area (Å²) in [7, 11) is 1.28. The highest BCUT2D eigenvalue weighted by Crippen LogP contribution is 2.32. The summed E-state index contributed by atoms with van der Waals surface area (Å²) in [4.78, 5) is 28.6. The minimum absolute atomic E-state index is 0.170. The number of benzene rings is 1. The van der Waals surface area contributed by atoms with Crippen molar-refractivity contribution in [2.24, 2.45) is 0 Å². The fraction of sp³-hybridized carbons (Fsp3) is 0.316. The van der Waals surface area contributed by atoms with E-state index in [1.54, 1.807) is 13.8 Å². The van der Waals surface area contributed by atoms with Crippen molar-refractivity contribution in [3.63, 3.8) is 0 Å². The number of carbonyl (C=O) groups is 2. The highest BCUT2D eigenvalue weighted by Gasteiger charge is 2.21. The van der Waals surface area contributed by atoms with Crippen molar-refractivity contribution >= 4 is 17.8 Å². The number of hydrogen-bond acceptors (Lipinski definition) is 8. The van der Waals surface area contributed by atoms with E-state index in [1.807, 2.05) is 18.2 Å². The van der Waals surface area contributed by atoms with E-state index in [4.69, 9.17) is 18.9 Å². The number of hydrogen-bond donors (Lipinski definition) is 1. The standard InChI is InChI=1S/C19H20N2O6/c1-4-25-19(23)14-8-13(18(22)24-3)11(2)21-17(14)20-9-12-5-6-15-16(7-12)27-10-26-15/h5-8H,4,9-10H2,1-3H3,(H,20,21). The van der Waals surface area contributed by atoms with Gasteiger partial charge in [0.2, 0.25) is 6.79 Å². The number of nitrogens with one attached hydrogen (secondary N) is 1. The smallest absolute Gasteiger partial charge is 0.341 e. The highest BCUT2D eigenvalue weighted by atomic mass is 16.7. The Bertz CT molecular complexity index is 881. The van der Waals surface area contributed by atoms with Crippen molar-refractivity contribution in [3.8, 4) is 11.5 Å². The van der Waals surface area contributed by atoms with Gasteiger partial charge in [0.05, 0.1) is 25.0 Å². The lowest BCUT2D eigenvalue weighted by Gasteiger charge is -2.14. The van der Waals surface area contributed by atoms with Crippen LogP contribution in [0.25, 0.3) is 0 Å². The Morgan fingerprint density at radius 1 is 1.15 bits per heavy atom. The van der Waals surface area contributed by atoms with Crippen LogP contribution in [0.15, 0.2) is 24.3 Å². The van der Waals surface area contributed by atoms with Gasteiger partial charge in [-0.3, -0.25) is 0 Å². The molecule has 0 saturated heterocycles. The second-order valence-corrected chi connectivity index (χ2v) is 5.77. The molecule has 1 aliphatic heterocycles. The van der Waals surface area contributed by atoms with E-state index < -0.39 is 11.9 Å². The fourth-order valence-corrected chi connectivity index (χ4v) is 2.66. The molecule has 2 aromatic rings. The number of nitrogens with zero attached hydrogens (tertiary/aromatic N) is 1. The summed E-state index contributed by atoms with van der Waals surface area (Å²) in [6.07, 6.45) is 0. The lowest BCUT2D eigenvalue weighted by atomic mass is 10.1. The van der Waals surface area contributed by atoms with Crippen molar-refractivity contribution in [2.45, 2.75) is 20.4 Å². The first-order chi connectivity index (χ1) is 13.0. The first-order valence-corrected chi connectivity index (χ1v) is 8.43. The van der Waals surface area contributed by atoms with Crippen LogP contribution in [0.4, 0.5) is 5.82 Å². The Hall–Kier alpha value is -3.29. The first-order valence-electron chi connectivity index (χ1n) is 8.43. The number of rotatable bonds is 6. The Morgan fingerprint density at radius 3 is 2.67 bits per heavy atom. The number of ether oxygens (including phenoxy) is 4. The largest absolute Gasteiger partial charge is 0.465 e. The number of aryl methyl sites for hydroxylation is 1. The quantitative estimate of drug-likeness (QED) is 0.773. The van der Waals surface area contributed by atoms with Crippen LogP contribution in [0.5, 0.6) is 11.5 Å². The maximum absolute atomic E-state index is 12.3. The van der Waals surface area contributed by atoms with Gasteiger partial charge in [0.15, 0.2) is 11.5 Å². The van der Waals surface area contributed by atoms with Crippen LogP contribution in [0, 0.1) is 6.92 Å². The molecule has 1 aromatic carbocycles. The zero-order valence-electron chi connectivity index (χ0n) is 15.3. The van der Waals surface area contributed by atoms with Crippen molar-refractivity contribution < 1.29 is 28.5 Å². The van der Waals surface area contributed by atoms with Gasteiger partial charge in [-0.15, -0.1) is 0 Å². The third kappa shape index (κ3) is 3.94. The molecule has 8 nitrogen and oxygen atoms in total. The van der Waals surface area contributed by atoms with E-state index in [0.29, 0.717) is 29.6 Å². The minimum atomic E-state index is -0.566. The summed E-state index contributed by atoms with van der Waals surface area (Å²) in [6, 6.07) is 7.01. The molecule has 2 heterocycles. The topological polar surface area (TPSA) is 96.0 Å². The molecule has 0 amide bonds. The van der Waals surface area contributed by atoms with Gasteiger partial charge in [0.25, 0.3) is 0 Å². The molecule has 0 aliphatic carbocycles. The minimum Gasteiger partial charge on any atom is -0.465 e. The van der Waals surface area contributed by atoms with Gasteiger partial charge >= 0.3 is 11.9 Å². The Labute approximate surface area is 156 Å². The third-order valence-corrected chi connectivity index (χ3v) is 4.01. The zero-order chi connectivity index (χ0) is 19.4. The molecular weight excluding hydrogens is 352 g/mol. The van der Waals surface area contributed by atoms with Crippen molar-refractivity contribution in [3.05, 3.63) is 46.6 Å². The average molecular weight is 372 g/mol. The second kappa shape index (κ2) is 7.94. The van der Waals surface area contributed by atoms with Crippen LogP contribution in [0.1, 0.15) is 38.9 Å². The van der Waals surface area contributed by atoms with Crippen molar-refractivity contribution in [1.29, 1.82) is 0 Å². The van der Waals surface area contributed by atoms with E-state index in [1.165, 1.54) is 13.2 Å². The van der Waals surface area contributed by atoms with Crippen LogP contribution < -0.4 is 14.8 Å². The van der Waals surface area contributed by atoms with Gasteiger partial charge in [-0.05, 0) is 37.6 Å². The van der Waals surface area contributed by atoms with E-state index in [-0.39, 0.29) is 24.5 Å². The van der Waals surface area contributed by atoms with Gasteiger partial charge in [0, 0.05) is 6.54 Å². The maximum atomic E-state index is 12.3. The van der Waals surface area contributed by atoms with Crippen LogP contribution in [0.3, 0.4) is 0 Å². The lowest BCUT2D eigenvalue weighted by molar-refractivity contribution is 0.0527. The monoisotopic (exact) mass is 372 g/mol. The molecular formula is C19H20N2O6. The molecule has 0 atom stereocenters. The maximum Gasteiger partial charge on any atom is 0.341 e. The SMILES string of the molecule is CCOC(=O)c1cc(C(=O)OC)c(C)nc1NCc1ccc2c(c1)OCO2. The molecule has 1 aliphatic rings. The Balaban J connectivity index is 1.87. The summed E-state index contributed by atoms with van der Waals surface area (Å²) < 4.78 is 20.5. The third-order valence-electron chi connectivity index (χ3n) is 4.01. The van der Waals surface area contributed by atoms with Gasteiger partial charge in [0.1, 0.15) is 11.4 Å². The molecule has 142 valence electrons. The summed E-state index contributed by atoms with van der Waals surface area (Å²) >= 11 is 0. The van der Waals surface area contributed by atoms with Gasteiger partial charge in [-0.1, -0.05) is 6.07 Å². The molecule has 3 rings (SSSR count).